The Hall–Kier alpha value is -1.30. The number of esters is 1. The number of aliphatic hydroxyl groups is 1. The fourth-order valence-corrected chi connectivity index (χ4v) is 1.40. The van der Waals surface area contributed by atoms with Crippen LogP contribution >= 0.6 is 0 Å². The Morgan fingerprint density at radius 2 is 1.86 bits per heavy atom. The van der Waals surface area contributed by atoms with E-state index in [1.165, 1.54) is 20.9 Å². The Labute approximate surface area is 127 Å². The van der Waals surface area contributed by atoms with Gasteiger partial charge < -0.3 is 14.6 Å². The lowest BCUT2D eigenvalue weighted by molar-refractivity contribution is -0.169. The molecule has 21 heavy (non-hydrogen) atoms. The number of cyclic esters (lactones) is 1. The zero-order valence-corrected chi connectivity index (χ0v) is 14.2. The summed E-state index contributed by atoms with van der Waals surface area (Å²) < 4.78 is 9.79. The molecule has 1 unspecified atom stereocenters. The Kier molecular flexibility index (Phi) is 7.16. The fraction of sp³-hybridized carbons (Fsp3) is 0.867. The van der Waals surface area contributed by atoms with Gasteiger partial charge in [0.2, 0.25) is 0 Å². The second-order valence-corrected chi connectivity index (χ2v) is 6.64. The lowest BCUT2D eigenvalue weighted by Gasteiger charge is -2.32. The number of rotatable bonds is 3. The largest absolute Gasteiger partial charge is 0.462 e. The molecule has 0 radical (unpaired) electrons. The minimum absolute atomic E-state index is 0.0385. The normalized spacial score (nSPS) is 17.9. The quantitative estimate of drug-likeness (QED) is 0.641. The molecule has 124 valence electrons. The molecular formula is C15H29NO5. The molecule has 0 aromatic carbocycles. The monoisotopic (exact) mass is 303 g/mol. The van der Waals surface area contributed by atoms with Crippen LogP contribution in [0.3, 0.4) is 0 Å². The van der Waals surface area contributed by atoms with E-state index in [2.05, 4.69) is 6.92 Å². The van der Waals surface area contributed by atoms with E-state index in [-0.39, 0.29) is 12.1 Å². The van der Waals surface area contributed by atoms with Crippen LogP contribution in [0.1, 0.15) is 60.8 Å². The second kappa shape index (κ2) is 7.64. The van der Waals surface area contributed by atoms with Crippen LogP contribution in [0.5, 0.6) is 0 Å². The molecule has 6 nitrogen and oxygen atoms in total. The van der Waals surface area contributed by atoms with Gasteiger partial charge in [0.05, 0.1) is 6.42 Å². The predicted molar refractivity (Wildman–Crippen MR) is 79.7 cm³/mol. The zero-order valence-electron chi connectivity index (χ0n) is 14.2. The van der Waals surface area contributed by atoms with Crippen LogP contribution < -0.4 is 0 Å². The van der Waals surface area contributed by atoms with Crippen LogP contribution in [0, 0.1) is 0 Å². The van der Waals surface area contributed by atoms with Gasteiger partial charge >= 0.3 is 12.1 Å². The lowest BCUT2D eigenvalue weighted by Crippen LogP contribution is -2.46. The van der Waals surface area contributed by atoms with Crippen molar-refractivity contribution in [1.82, 2.24) is 4.90 Å². The summed E-state index contributed by atoms with van der Waals surface area (Å²) in [5.41, 5.74) is -1.72. The van der Waals surface area contributed by atoms with Crippen molar-refractivity contribution in [2.75, 3.05) is 7.05 Å². The predicted octanol–water partition coefficient (Wildman–Crippen LogP) is 2.68. The molecule has 1 saturated heterocycles. The number of carbonyl (C=O) groups is 2. The van der Waals surface area contributed by atoms with Crippen LogP contribution in [-0.4, -0.2) is 46.5 Å². The highest BCUT2D eigenvalue weighted by molar-refractivity contribution is 5.75. The summed E-state index contributed by atoms with van der Waals surface area (Å²) in [5, 5.41) is 9.48. The average molecular weight is 303 g/mol. The van der Waals surface area contributed by atoms with Crippen LogP contribution in [0.2, 0.25) is 0 Å². The highest BCUT2D eigenvalue weighted by Crippen LogP contribution is 2.17. The number of nitrogens with zero attached hydrogens (tertiary/aromatic N) is 1. The fourth-order valence-electron chi connectivity index (χ4n) is 1.40. The third kappa shape index (κ3) is 8.55. The summed E-state index contributed by atoms with van der Waals surface area (Å²) in [4.78, 5) is 22.7. The van der Waals surface area contributed by atoms with Crippen molar-refractivity contribution < 1.29 is 24.2 Å². The first-order valence-corrected chi connectivity index (χ1v) is 7.25. The van der Waals surface area contributed by atoms with Crippen molar-refractivity contribution in [3.8, 4) is 0 Å². The minimum Gasteiger partial charge on any atom is -0.462 e. The summed E-state index contributed by atoms with van der Waals surface area (Å²) >= 11 is 0. The second-order valence-electron chi connectivity index (χ2n) is 6.64. The van der Waals surface area contributed by atoms with Gasteiger partial charge in [0, 0.05) is 7.05 Å². The summed E-state index contributed by atoms with van der Waals surface area (Å²) in [7, 11) is 1.49. The maximum absolute atomic E-state index is 11.3. The van der Waals surface area contributed by atoms with Crippen molar-refractivity contribution in [3.05, 3.63) is 0 Å². The van der Waals surface area contributed by atoms with E-state index in [4.69, 9.17) is 9.47 Å². The molecule has 1 aliphatic rings. The van der Waals surface area contributed by atoms with E-state index in [9.17, 15) is 14.7 Å². The van der Waals surface area contributed by atoms with Gasteiger partial charge in [-0.3, -0.25) is 9.69 Å². The molecule has 6 heteroatoms. The molecular weight excluding hydrogens is 274 g/mol. The van der Waals surface area contributed by atoms with Crippen molar-refractivity contribution in [2.45, 2.75) is 78.2 Å². The Morgan fingerprint density at radius 3 is 2.14 bits per heavy atom. The molecule has 1 fully saturated rings. The molecule has 0 aromatic rings. The average Bonchev–Trinajstić information content (AvgIpc) is 2.23. The van der Waals surface area contributed by atoms with Crippen molar-refractivity contribution in [2.24, 2.45) is 0 Å². The highest BCUT2D eigenvalue weighted by Gasteiger charge is 2.28. The maximum Gasteiger partial charge on any atom is 0.412 e. The van der Waals surface area contributed by atoms with Gasteiger partial charge in [-0.25, -0.2) is 4.79 Å². The third-order valence-electron chi connectivity index (χ3n) is 2.79. The third-order valence-corrected chi connectivity index (χ3v) is 2.79. The molecule has 0 bridgehead atoms. The van der Waals surface area contributed by atoms with Gasteiger partial charge in [-0.05, 0) is 41.0 Å². The molecule has 1 N–H and O–H groups in total. The number of hydrogen-bond donors (Lipinski definition) is 1. The molecule has 1 rings (SSSR count). The Balaban J connectivity index is 0.000000423. The standard InChI is InChI=1S/C9H19NO3.C6H10O2/c1-8(2,3)13-7(11)10(6)9(4,5)12;1-2-3-5-4-6(7)8-5/h12H,1-6H3;5H,2-4H2,1H3. The van der Waals surface area contributed by atoms with E-state index >= 15 is 0 Å². The van der Waals surface area contributed by atoms with Crippen molar-refractivity contribution in [1.29, 1.82) is 0 Å². The van der Waals surface area contributed by atoms with Gasteiger partial charge in [0.1, 0.15) is 17.4 Å². The lowest BCUT2D eigenvalue weighted by atomic mass is 10.1. The van der Waals surface area contributed by atoms with E-state index < -0.39 is 17.4 Å². The van der Waals surface area contributed by atoms with E-state index in [0.29, 0.717) is 6.42 Å². The Morgan fingerprint density at radius 1 is 1.38 bits per heavy atom. The van der Waals surface area contributed by atoms with Gasteiger partial charge in [0.25, 0.3) is 0 Å². The summed E-state index contributed by atoms with van der Waals surface area (Å²) in [5.74, 6) is -0.0385. The molecule has 0 aromatic heterocycles. The van der Waals surface area contributed by atoms with Gasteiger partial charge in [-0.2, -0.15) is 0 Å². The summed E-state index contributed by atoms with van der Waals surface area (Å²) in [6, 6.07) is 0. The minimum atomic E-state index is -1.19. The molecule has 1 amide bonds. The summed E-state index contributed by atoms with van der Waals surface area (Å²) in [6.07, 6.45) is 2.52. The van der Waals surface area contributed by atoms with Gasteiger partial charge in [-0.1, -0.05) is 13.3 Å². The molecule has 1 atom stereocenters. The van der Waals surface area contributed by atoms with Crippen molar-refractivity contribution in [3.63, 3.8) is 0 Å². The first kappa shape index (κ1) is 19.7. The van der Waals surface area contributed by atoms with E-state index in [1.807, 2.05) is 0 Å². The number of carbonyl (C=O) groups excluding carboxylic acids is 2. The SMILES string of the molecule is CCCC1CC(=O)O1.CN(C(=O)OC(C)(C)C)C(C)(C)O. The number of hydrogen-bond acceptors (Lipinski definition) is 5. The first-order valence-electron chi connectivity index (χ1n) is 7.25. The molecule has 1 aliphatic heterocycles. The van der Waals surface area contributed by atoms with Crippen LogP contribution in [0.15, 0.2) is 0 Å². The van der Waals surface area contributed by atoms with Crippen LogP contribution in [0.25, 0.3) is 0 Å². The zero-order chi connectivity index (χ0) is 16.8. The van der Waals surface area contributed by atoms with E-state index in [1.54, 1.807) is 20.8 Å². The molecule has 0 saturated carbocycles. The van der Waals surface area contributed by atoms with Gasteiger partial charge in [0.15, 0.2) is 0 Å². The summed E-state index contributed by atoms with van der Waals surface area (Å²) in [6.45, 7) is 10.5. The molecule has 1 heterocycles. The number of ether oxygens (including phenoxy) is 2. The maximum atomic E-state index is 11.3. The highest BCUT2D eigenvalue weighted by atomic mass is 16.6. The Bertz CT molecular complexity index is 346. The van der Waals surface area contributed by atoms with Crippen molar-refractivity contribution >= 4 is 12.1 Å². The van der Waals surface area contributed by atoms with Crippen LogP contribution in [0.4, 0.5) is 4.79 Å². The first-order chi connectivity index (χ1) is 9.36. The van der Waals surface area contributed by atoms with Crippen LogP contribution in [-0.2, 0) is 14.3 Å². The smallest absolute Gasteiger partial charge is 0.412 e. The molecule has 0 spiro atoms. The molecule has 0 aliphatic carbocycles. The number of amides is 1. The topological polar surface area (TPSA) is 76.1 Å². The van der Waals surface area contributed by atoms with Gasteiger partial charge in [-0.15, -0.1) is 0 Å². The van der Waals surface area contributed by atoms with E-state index in [0.717, 1.165) is 17.7 Å².